The maximum Gasteiger partial charge on any atom is 0.410 e. The van der Waals surface area contributed by atoms with Gasteiger partial charge in [-0.1, -0.05) is 0 Å². The fourth-order valence-corrected chi connectivity index (χ4v) is 2.15. The van der Waals surface area contributed by atoms with Crippen molar-refractivity contribution in [3.8, 4) is 0 Å². The average molecular weight is 313 g/mol. The molecule has 0 spiro atoms. The second-order valence-electron chi connectivity index (χ2n) is 6.77. The van der Waals surface area contributed by atoms with Gasteiger partial charge in [0.1, 0.15) is 5.60 Å². The maximum atomic E-state index is 12.1. The normalized spacial score (nSPS) is 18.6. The molecule has 1 N–H and O–H groups in total. The minimum Gasteiger partial charge on any atom is -0.444 e. The van der Waals surface area contributed by atoms with Gasteiger partial charge in [-0.05, 0) is 33.6 Å². The van der Waals surface area contributed by atoms with Crippen molar-refractivity contribution in [3.63, 3.8) is 0 Å². The Labute approximate surface area is 132 Å². The lowest BCUT2D eigenvalue weighted by Crippen LogP contribution is -2.48. The summed E-state index contributed by atoms with van der Waals surface area (Å²) in [6.07, 6.45) is 1.06. The molecular formula is C15H27N3O4. The molecule has 1 heterocycles. The van der Waals surface area contributed by atoms with E-state index in [1.54, 1.807) is 19.0 Å². The van der Waals surface area contributed by atoms with E-state index < -0.39 is 11.7 Å². The Morgan fingerprint density at radius 1 is 1.27 bits per heavy atom. The van der Waals surface area contributed by atoms with Crippen LogP contribution in [0.4, 0.5) is 4.79 Å². The summed E-state index contributed by atoms with van der Waals surface area (Å²) in [6, 6.07) is 0. The van der Waals surface area contributed by atoms with Crippen LogP contribution in [0.5, 0.6) is 0 Å². The van der Waals surface area contributed by atoms with Gasteiger partial charge in [-0.15, -0.1) is 0 Å². The third-order valence-electron chi connectivity index (χ3n) is 3.36. The topological polar surface area (TPSA) is 79.0 Å². The van der Waals surface area contributed by atoms with Gasteiger partial charge < -0.3 is 19.9 Å². The summed E-state index contributed by atoms with van der Waals surface area (Å²) in [6.45, 7) is 6.34. The lowest BCUT2D eigenvalue weighted by molar-refractivity contribution is -0.132. The standard InChI is InChI=1S/C15H27N3O4/c1-15(2,3)22-14(21)18-8-6-7-11(10-18)13(20)16-9-12(19)17(4)5/h11H,6-10H2,1-5H3,(H,16,20)/t11-/m1/s1. The molecule has 0 radical (unpaired) electrons. The Kier molecular flexibility index (Phi) is 6.20. The number of hydrogen-bond donors (Lipinski definition) is 1. The van der Waals surface area contributed by atoms with Crippen LogP contribution >= 0.6 is 0 Å². The first-order valence-corrected chi connectivity index (χ1v) is 7.56. The quantitative estimate of drug-likeness (QED) is 0.837. The Bertz CT molecular complexity index is 429. The molecule has 126 valence electrons. The van der Waals surface area contributed by atoms with Crippen LogP contribution in [0.1, 0.15) is 33.6 Å². The molecule has 1 saturated heterocycles. The zero-order valence-corrected chi connectivity index (χ0v) is 14.1. The van der Waals surface area contributed by atoms with Crippen molar-refractivity contribution in [2.45, 2.75) is 39.2 Å². The number of carbonyl (C=O) groups is 3. The van der Waals surface area contributed by atoms with Crippen LogP contribution in [0.2, 0.25) is 0 Å². The van der Waals surface area contributed by atoms with Gasteiger partial charge in [0.2, 0.25) is 11.8 Å². The zero-order valence-electron chi connectivity index (χ0n) is 14.1. The van der Waals surface area contributed by atoms with Crippen molar-refractivity contribution in [1.82, 2.24) is 15.1 Å². The minimum absolute atomic E-state index is 0.0191. The third kappa shape index (κ3) is 5.91. The van der Waals surface area contributed by atoms with Gasteiger partial charge in [0.25, 0.3) is 0 Å². The van der Waals surface area contributed by atoms with Crippen LogP contribution in [0.15, 0.2) is 0 Å². The average Bonchev–Trinajstić information content (AvgIpc) is 2.42. The van der Waals surface area contributed by atoms with E-state index in [-0.39, 0.29) is 24.3 Å². The number of nitrogens with zero attached hydrogens (tertiary/aromatic N) is 2. The fourth-order valence-electron chi connectivity index (χ4n) is 2.15. The van der Waals surface area contributed by atoms with Crippen molar-refractivity contribution in [2.24, 2.45) is 5.92 Å². The van der Waals surface area contributed by atoms with E-state index in [2.05, 4.69) is 5.32 Å². The molecule has 0 aliphatic carbocycles. The predicted molar refractivity (Wildman–Crippen MR) is 82.2 cm³/mol. The molecule has 1 atom stereocenters. The molecule has 1 rings (SSSR count). The molecule has 0 aromatic rings. The predicted octanol–water partition coefficient (Wildman–Crippen LogP) is 0.838. The van der Waals surface area contributed by atoms with Gasteiger partial charge in [-0.2, -0.15) is 0 Å². The molecule has 3 amide bonds. The fraction of sp³-hybridized carbons (Fsp3) is 0.800. The summed E-state index contributed by atoms with van der Waals surface area (Å²) in [4.78, 5) is 38.6. The van der Waals surface area contributed by atoms with E-state index in [1.807, 2.05) is 20.8 Å². The molecule has 1 fully saturated rings. The number of ether oxygens (including phenoxy) is 1. The van der Waals surface area contributed by atoms with Crippen molar-refractivity contribution in [3.05, 3.63) is 0 Å². The van der Waals surface area contributed by atoms with E-state index in [4.69, 9.17) is 4.74 Å². The summed E-state index contributed by atoms with van der Waals surface area (Å²) < 4.78 is 5.33. The molecule has 1 aliphatic heterocycles. The number of hydrogen-bond acceptors (Lipinski definition) is 4. The lowest BCUT2D eigenvalue weighted by Gasteiger charge is -2.33. The monoisotopic (exact) mass is 313 g/mol. The summed E-state index contributed by atoms with van der Waals surface area (Å²) in [5, 5.41) is 2.63. The lowest BCUT2D eigenvalue weighted by atomic mass is 9.97. The number of carbonyl (C=O) groups excluding carboxylic acids is 3. The molecule has 1 aliphatic rings. The summed E-state index contributed by atoms with van der Waals surface area (Å²) >= 11 is 0. The highest BCUT2D eigenvalue weighted by atomic mass is 16.6. The van der Waals surface area contributed by atoms with Crippen LogP contribution < -0.4 is 5.32 Å². The smallest absolute Gasteiger partial charge is 0.410 e. The molecule has 0 unspecified atom stereocenters. The van der Waals surface area contributed by atoms with Crippen LogP contribution in [0.25, 0.3) is 0 Å². The summed E-state index contributed by atoms with van der Waals surface area (Å²) in [5.41, 5.74) is -0.551. The number of amides is 3. The molecule has 0 aromatic carbocycles. The Hall–Kier alpha value is -1.79. The van der Waals surface area contributed by atoms with E-state index in [0.717, 1.165) is 6.42 Å². The summed E-state index contributed by atoms with van der Waals surface area (Å²) in [7, 11) is 3.28. The minimum atomic E-state index is -0.551. The SMILES string of the molecule is CN(C)C(=O)CNC(=O)[C@@H]1CCCN(C(=O)OC(C)(C)C)C1. The van der Waals surface area contributed by atoms with E-state index in [1.165, 1.54) is 4.90 Å². The number of likely N-dealkylation sites (tertiary alicyclic amines) is 1. The molecule has 0 bridgehead atoms. The summed E-state index contributed by atoms with van der Waals surface area (Å²) in [5.74, 6) is -0.646. The van der Waals surface area contributed by atoms with Crippen LogP contribution in [0, 0.1) is 5.92 Å². The molecule has 7 nitrogen and oxygen atoms in total. The second kappa shape index (κ2) is 7.47. The Balaban J connectivity index is 2.50. The first kappa shape index (κ1) is 18.3. The highest BCUT2D eigenvalue weighted by Crippen LogP contribution is 2.19. The van der Waals surface area contributed by atoms with E-state index >= 15 is 0 Å². The van der Waals surface area contributed by atoms with Crippen LogP contribution in [0.3, 0.4) is 0 Å². The highest BCUT2D eigenvalue weighted by molar-refractivity contribution is 5.86. The van der Waals surface area contributed by atoms with Crippen molar-refractivity contribution < 1.29 is 19.1 Å². The van der Waals surface area contributed by atoms with E-state index in [0.29, 0.717) is 19.5 Å². The number of rotatable bonds is 3. The van der Waals surface area contributed by atoms with Crippen LogP contribution in [-0.2, 0) is 14.3 Å². The number of piperidine rings is 1. The van der Waals surface area contributed by atoms with E-state index in [9.17, 15) is 14.4 Å². The molecular weight excluding hydrogens is 286 g/mol. The van der Waals surface area contributed by atoms with Gasteiger partial charge in [0.15, 0.2) is 0 Å². The Morgan fingerprint density at radius 2 is 1.91 bits per heavy atom. The first-order valence-electron chi connectivity index (χ1n) is 7.56. The molecule has 0 aromatic heterocycles. The zero-order chi connectivity index (χ0) is 16.9. The molecule has 22 heavy (non-hydrogen) atoms. The van der Waals surface area contributed by atoms with Gasteiger partial charge >= 0.3 is 6.09 Å². The Morgan fingerprint density at radius 3 is 2.45 bits per heavy atom. The maximum absolute atomic E-state index is 12.1. The van der Waals surface area contributed by atoms with Gasteiger partial charge in [0, 0.05) is 27.2 Å². The first-order chi connectivity index (χ1) is 10.1. The highest BCUT2D eigenvalue weighted by Gasteiger charge is 2.31. The van der Waals surface area contributed by atoms with Crippen molar-refractivity contribution in [1.29, 1.82) is 0 Å². The van der Waals surface area contributed by atoms with Crippen LogP contribution in [-0.4, -0.2) is 67.0 Å². The van der Waals surface area contributed by atoms with Gasteiger partial charge in [-0.25, -0.2) is 4.79 Å². The number of likely N-dealkylation sites (N-methyl/N-ethyl adjacent to an activating group) is 1. The molecule has 7 heteroatoms. The number of nitrogens with one attached hydrogen (secondary N) is 1. The van der Waals surface area contributed by atoms with Gasteiger partial charge in [0.05, 0.1) is 12.5 Å². The second-order valence-corrected chi connectivity index (χ2v) is 6.77. The van der Waals surface area contributed by atoms with Crippen molar-refractivity contribution in [2.75, 3.05) is 33.7 Å². The van der Waals surface area contributed by atoms with Gasteiger partial charge in [-0.3, -0.25) is 9.59 Å². The van der Waals surface area contributed by atoms with Crippen molar-refractivity contribution >= 4 is 17.9 Å². The molecule has 0 saturated carbocycles. The largest absolute Gasteiger partial charge is 0.444 e. The third-order valence-corrected chi connectivity index (χ3v) is 3.36.